The van der Waals surface area contributed by atoms with Gasteiger partial charge in [-0.15, -0.1) is 0 Å². The number of piperazine rings is 3. The van der Waals surface area contributed by atoms with Crippen molar-refractivity contribution in [3.05, 3.63) is 236 Å². The molecule has 3 fully saturated rings. The Morgan fingerprint density at radius 2 is 0.679 bits per heavy atom. The second kappa shape index (κ2) is 42.5. The standard InChI is InChI=1S/C25H30FN3O5.C20H22FN3O3.C18H25FN2O4.C9H9FO3.C8H9FO/c1-25(2,3)34-24(32)29-13-11-28(12-14-29)23(31)19-16-17(8-9-20(19)26)10-15-33-21-7-5-4-6-18(21)22(27)30;21-17-6-5-14(13-16(17)20(26)24-10-8-23-9-11-24)7-12-27-18-4-2-1-3-15(18)19(22)25;1-18(2,3)25-17(24)21-9-7-20(8-10-21)16(23)14-12-13(6-11-22)4-5-15(14)19;10-8-2-1-6(3-4-11)5-7(8)9(12)13;9-8-3-1-7(2-4-8)5-6-10/h4-9,16H,10-15H2,1-3H3,(H2,27,30);1-6,13,23H,7-12H2,(H2,22,25);4-5,12,22H,6-11H2,1-3H3;1-2,5,11H,3-4H2,(H,12,13);1-4,10H,5-6H2. The van der Waals surface area contributed by atoms with Crippen LogP contribution in [0.1, 0.15) is 132 Å². The van der Waals surface area contributed by atoms with Gasteiger partial charge in [0.15, 0.2) is 0 Å². The van der Waals surface area contributed by atoms with Crippen molar-refractivity contribution in [2.24, 2.45) is 11.5 Å². The number of carboxylic acids is 1. The van der Waals surface area contributed by atoms with Crippen molar-refractivity contribution in [2.75, 3.05) is 112 Å². The molecule has 0 atom stereocenters. The van der Waals surface area contributed by atoms with Gasteiger partial charge in [0.2, 0.25) is 0 Å². The van der Waals surface area contributed by atoms with Gasteiger partial charge in [0.25, 0.3) is 29.5 Å². The van der Waals surface area contributed by atoms with Crippen LogP contribution in [0.25, 0.3) is 0 Å². The SMILES string of the molecule is CC(C)(C)OC(=O)N1CCN(C(=O)c2cc(CCO)ccc2F)CC1.CC(C)(C)OC(=O)N1CCN(C(=O)c2cc(CCOc3ccccc3C(N)=O)ccc2F)CC1.NC(=O)c1ccccc1OCCc1ccc(F)c(C(=O)N2CCNCC2)c1.O=C(O)c1cc(CCO)ccc1F.OCCc1ccc(F)cc1. The molecule has 24 nitrogen and oxygen atoms in total. The number of benzene rings is 7. The highest BCUT2D eigenvalue weighted by Crippen LogP contribution is 2.24. The average Bonchev–Trinajstić information content (AvgIpc) is 0.818. The molecule has 29 heteroatoms. The van der Waals surface area contributed by atoms with Gasteiger partial charge in [0, 0.05) is 111 Å². The van der Waals surface area contributed by atoms with Crippen LogP contribution in [0.5, 0.6) is 11.5 Å². The number of aromatic carboxylic acids is 1. The number of aliphatic hydroxyl groups is 3. The Balaban J connectivity index is 0.000000225. The van der Waals surface area contributed by atoms with E-state index in [9.17, 15) is 60.3 Å². The highest BCUT2D eigenvalue weighted by atomic mass is 19.1. The number of carbonyl (C=O) groups is 8. The molecule has 10 rings (SSSR count). The zero-order valence-electron chi connectivity index (χ0n) is 61.9. The van der Waals surface area contributed by atoms with Gasteiger partial charge in [-0.05, 0) is 174 Å². The lowest BCUT2D eigenvalue weighted by Crippen LogP contribution is -2.51. The molecule has 0 bridgehead atoms. The van der Waals surface area contributed by atoms with Gasteiger partial charge >= 0.3 is 18.2 Å². The van der Waals surface area contributed by atoms with Crippen LogP contribution < -0.4 is 26.3 Å². The maximum absolute atomic E-state index is 14.5. The third kappa shape index (κ3) is 28.3. The Morgan fingerprint density at radius 1 is 0.385 bits per heavy atom. The molecule has 0 spiro atoms. The topological polar surface area (TPSA) is 335 Å². The number of primary amides is 2. The summed E-state index contributed by atoms with van der Waals surface area (Å²) >= 11 is 0. The molecular weight excluding hydrogens is 1420 g/mol. The number of para-hydroxylation sites is 2. The van der Waals surface area contributed by atoms with Crippen molar-refractivity contribution in [1.82, 2.24) is 29.8 Å². The Kier molecular flexibility index (Phi) is 33.9. The van der Waals surface area contributed by atoms with Gasteiger partial charge in [-0.3, -0.25) is 24.0 Å². The van der Waals surface area contributed by atoms with E-state index >= 15 is 0 Å². The Labute approximate surface area is 629 Å². The Hall–Kier alpha value is -11.0. The molecule has 7 amide bonds. The van der Waals surface area contributed by atoms with Gasteiger partial charge in [0.1, 0.15) is 51.8 Å². The average molecular weight is 1520 g/mol. The van der Waals surface area contributed by atoms with E-state index in [2.05, 4.69) is 5.32 Å². The zero-order chi connectivity index (χ0) is 80.0. The summed E-state index contributed by atoms with van der Waals surface area (Å²) in [6.07, 6.45) is 1.34. The summed E-state index contributed by atoms with van der Waals surface area (Å²) in [6.45, 7) is 16.3. The van der Waals surface area contributed by atoms with Gasteiger partial charge in [-0.2, -0.15) is 0 Å². The first-order chi connectivity index (χ1) is 51.8. The largest absolute Gasteiger partial charge is 0.492 e. The van der Waals surface area contributed by atoms with E-state index < -0.39 is 76.3 Å². The van der Waals surface area contributed by atoms with E-state index in [1.807, 2.05) is 0 Å². The van der Waals surface area contributed by atoms with Gasteiger partial charge in [-0.25, -0.2) is 36.3 Å². The van der Waals surface area contributed by atoms with E-state index in [0.717, 1.165) is 17.2 Å². The molecule has 0 aromatic heterocycles. The highest BCUT2D eigenvalue weighted by Gasteiger charge is 2.32. The highest BCUT2D eigenvalue weighted by molar-refractivity contribution is 5.97. The number of hydrogen-bond donors (Lipinski definition) is 7. The van der Waals surface area contributed by atoms with Crippen LogP contribution in [0.15, 0.2) is 146 Å². The summed E-state index contributed by atoms with van der Waals surface area (Å²) in [7, 11) is 0. The zero-order valence-corrected chi connectivity index (χ0v) is 61.9. The van der Waals surface area contributed by atoms with Gasteiger partial charge < -0.3 is 80.7 Å². The predicted molar refractivity (Wildman–Crippen MR) is 396 cm³/mol. The number of ether oxygens (including phenoxy) is 4. The van der Waals surface area contributed by atoms with Gasteiger partial charge in [0.05, 0.1) is 46.6 Å². The van der Waals surface area contributed by atoms with Crippen molar-refractivity contribution in [2.45, 2.75) is 84.8 Å². The number of nitrogens with two attached hydrogens (primary N) is 2. The molecule has 7 aromatic carbocycles. The lowest BCUT2D eigenvalue weighted by atomic mass is 10.1. The van der Waals surface area contributed by atoms with Gasteiger partial charge in [-0.1, -0.05) is 60.7 Å². The van der Waals surface area contributed by atoms with Crippen LogP contribution in [0.4, 0.5) is 31.5 Å². The molecule has 9 N–H and O–H groups in total. The lowest BCUT2D eigenvalue weighted by molar-refractivity contribution is 0.0135. The second-order valence-corrected chi connectivity index (χ2v) is 27.1. The predicted octanol–water partition coefficient (Wildman–Crippen LogP) is 9.30. The quantitative estimate of drug-likeness (QED) is 0.0349. The van der Waals surface area contributed by atoms with E-state index in [0.29, 0.717) is 131 Å². The summed E-state index contributed by atoms with van der Waals surface area (Å²) in [5, 5.41) is 37.8. The molecule has 3 aliphatic heterocycles. The molecule has 586 valence electrons. The molecular formula is C80H95F5N8O16. The Bertz CT molecular complexity index is 4210. The minimum absolute atomic E-state index is 0.00309. The fraction of sp³-hybridized carbons (Fsp3) is 0.375. The smallest absolute Gasteiger partial charge is 0.410 e. The first kappa shape index (κ1) is 86.9. The summed E-state index contributed by atoms with van der Waals surface area (Å²) < 4.78 is 89.7. The van der Waals surface area contributed by atoms with Crippen LogP contribution in [0, 0.1) is 29.1 Å². The van der Waals surface area contributed by atoms with Crippen molar-refractivity contribution < 1.29 is 99.7 Å². The molecule has 3 aliphatic rings. The minimum Gasteiger partial charge on any atom is -0.492 e. The number of nitrogens with one attached hydrogen (secondary N) is 1. The third-order valence-corrected chi connectivity index (χ3v) is 16.6. The van der Waals surface area contributed by atoms with Crippen LogP contribution in [0.2, 0.25) is 0 Å². The number of aliphatic hydroxyl groups excluding tert-OH is 3. The summed E-state index contributed by atoms with van der Waals surface area (Å²) in [4.78, 5) is 104. The number of rotatable bonds is 20. The van der Waals surface area contributed by atoms with E-state index in [1.54, 1.807) is 141 Å². The molecule has 109 heavy (non-hydrogen) atoms. The summed E-state index contributed by atoms with van der Waals surface area (Å²) in [5.41, 5.74) is 13.6. The monoisotopic (exact) mass is 1520 g/mol. The number of amides is 7. The fourth-order valence-corrected chi connectivity index (χ4v) is 11.0. The summed E-state index contributed by atoms with van der Waals surface area (Å²) in [5.74, 6) is -5.49. The normalized spacial score (nSPS) is 13.4. The van der Waals surface area contributed by atoms with Crippen molar-refractivity contribution in [3.8, 4) is 11.5 Å². The lowest BCUT2D eigenvalue weighted by Gasteiger charge is -2.35. The van der Waals surface area contributed by atoms with Crippen LogP contribution >= 0.6 is 0 Å². The number of halogens is 5. The number of nitrogens with zero attached hydrogens (tertiary/aromatic N) is 5. The van der Waals surface area contributed by atoms with E-state index in [4.69, 9.17) is 50.8 Å². The first-order valence-electron chi connectivity index (χ1n) is 35.3. The number of hydrogen-bond acceptors (Lipinski definition) is 16. The molecule has 3 heterocycles. The molecule has 3 saturated heterocycles. The van der Waals surface area contributed by atoms with E-state index in [-0.39, 0.29) is 85.7 Å². The molecule has 0 unspecified atom stereocenters. The number of carbonyl (C=O) groups excluding carboxylic acids is 7. The molecule has 0 radical (unpaired) electrons. The minimum atomic E-state index is -1.29. The maximum Gasteiger partial charge on any atom is 0.410 e. The Morgan fingerprint density at radius 3 is 1.01 bits per heavy atom. The van der Waals surface area contributed by atoms with Crippen molar-refractivity contribution in [3.63, 3.8) is 0 Å². The summed E-state index contributed by atoms with van der Waals surface area (Å²) in [6, 6.07) is 36.5. The third-order valence-electron chi connectivity index (χ3n) is 16.6. The van der Waals surface area contributed by atoms with Crippen molar-refractivity contribution in [1.29, 1.82) is 0 Å². The van der Waals surface area contributed by atoms with Crippen LogP contribution in [0.3, 0.4) is 0 Å². The molecule has 0 aliphatic carbocycles. The second-order valence-electron chi connectivity index (χ2n) is 27.1. The van der Waals surface area contributed by atoms with Crippen LogP contribution in [-0.2, 0) is 41.6 Å². The molecule has 7 aromatic rings. The van der Waals surface area contributed by atoms with Crippen LogP contribution in [-0.4, -0.2) is 215 Å². The van der Waals surface area contributed by atoms with Crippen molar-refractivity contribution >= 4 is 47.7 Å². The van der Waals surface area contributed by atoms with E-state index in [1.165, 1.54) is 64.4 Å². The maximum atomic E-state index is 14.5. The number of carboxylic acid groups (broad SMARTS) is 1. The first-order valence-corrected chi connectivity index (χ1v) is 35.3. The molecule has 0 saturated carbocycles. The fourth-order valence-electron chi connectivity index (χ4n) is 11.0.